The zero-order valence-corrected chi connectivity index (χ0v) is 16.3. The lowest BCUT2D eigenvalue weighted by Crippen LogP contribution is -2.25. The first-order chi connectivity index (χ1) is 13.5. The van der Waals surface area contributed by atoms with Crippen LogP contribution in [-0.4, -0.2) is 15.9 Å². The van der Waals surface area contributed by atoms with Crippen LogP contribution >= 0.6 is 23.4 Å². The SMILES string of the molecule is O=C(Cc1cc(=O)[nH]c(SCc2cccc(Cl)c2)n1)NCc1ccc(F)cc1. The van der Waals surface area contributed by atoms with Crippen molar-refractivity contribution < 1.29 is 9.18 Å². The standard InChI is InChI=1S/C20H17ClFN3O2S/c21-15-3-1-2-14(8-15)12-28-20-24-17(10-19(27)25-20)9-18(26)23-11-13-4-6-16(22)7-5-13/h1-8,10H,9,11-12H2,(H,23,26)(H,24,25,27). The Morgan fingerprint density at radius 1 is 1.14 bits per heavy atom. The lowest BCUT2D eigenvalue weighted by molar-refractivity contribution is -0.120. The van der Waals surface area contributed by atoms with Gasteiger partial charge in [-0.05, 0) is 35.4 Å². The van der Waals surface area contributed by atoms with Crippen molar-refractivity contribution in [3.8, 4) is 0 Å². The molecule has 1 heterocycles. The van der Waals surface area contributed by atoms with Gasteiger partial charge in [0.2, 0.25) is 5.91 Å². The molecule has 0 aliphatic heterocycles. The third-order valence-electron chi connectivity index (χ3n) is 3.78. The number of thioether (sulfide) groups is 1. The fourth-order valence-corrected chi connectivity index (χ4v) is 3.50. The molecule has 0 spiro atoms. The van der Waals surface area contributed by atoms with Gasteiger partial charge in [0.25, 0.3) is 5.56 Å². The van der Waals surface area contributed by atoms with Crippen LogP contribution in [0.25, 0.3) is 0 Å². The highest BCUT2D eigenvalue weighted by atomic mass is 35.5. The molecule has 1 amide bonds. The average Bonchev–Trinajstić information content (AvgIpc) is 2.66. The summed E-state index contributed by atoms with van der Waals surface area (Å²) >= 11 is 7.33. The number of H-pyrrole nitrogens is 1. The van der Waals surface area contributed by atoms with Crippen molar-refractivity contribution in [1.29, 1.82) is 0 Å². The second-order valence-electron chi connectivity index (χ2n) is 6.04. The van der Waals surface area contributed by atoms with Gasteiger partial charge in [-0.15, -0.1) is 0 Å². The molecule has 5 nitrogen and oxygen atoms in total. The van der Waals surface area contributed by atoms with Crippen LogP contribution in [0.3, 0.4) is 0 Å². The number of aromatic amines is 1. The van der Waals surface area contributed by atoms with E-state index in [2.05, 4.69) is 15.3 Å². The molecular weight excluding hydrogens is 401 g/mol. The fourth-order valence-electron chi connectivity index (χ4n) is 2.45. The quantitative estimate of drug-likeness (QED) is 0.454. The molecule has 2 aromatic carbocycles. The molecule has 144 valence electrons. The van der Waals surface area contributed by atoms with E-state index in [0.717, 1.165) is 11.1 Å². The molecule has 0 bridgehead atoms. The number of nitrogens with one attached hydrogen (secondary N) is 2. The van der Waals surface area contributed by atoms with Gasteiger partial charge in [0.15, 0.2) is 5.16 Å². The molecule has 8 heteroatoms. The Hall–Kier alpha value is -2.64. The number of hydrogen-bond donors (Lipinski definition) is 2. The van der Waals surface area contributed by atoms with Crippen molar-refractivity contribution in [1.82, 2.24) is 15.3 Å². The number of carbonyl (C=O) groups is 1. The maximum absolute atomic E-state index is 12.9. The molecule has 0 aliphatic rings. The summed E-state index contributed by atoms with van der Waals surface area (Å²) in [6.07, 6.45) is -0.0180. The highest BCUT2D eigenvalue weighted by molar-refractivity contribution is 7.98. The maximum atomic E-state index is 12.9. The zero-order valence-electron chi connectivity index (χ0n) is 14.7. The molecule has 28 heavy (non-hydrogen) atoms. The van der Waals surface area contributed by atoms with Gasteiger partial charge in [-0.2, -0.15) is 0 Å². The van der Waals surface area contributed by atoms with Crippen molar-refractivity contribution >= 4 is 29.3 Å². The lowest BCUT2D eigenvalue weighted by atomic mass is 10.2. The Morgan fingerprint density at radius 3 is 2.68 bits per heavy atom. The normalized spacial score (nSPS) is 10.6. The van der Waals surface area contributed by atoms with E-state index in [1.54, 1.807) is 18.2 Å². The van der Waals surface area contributed by atoms with Crippen LogP contribution in [0.1, 0.15) is 16.8 Å². The van der Waals surface area contributed by atoms with Crippen LogP contribution < -0.4 is 10.9 Å². The average molecular weight is 418 g/mol. The van der Waals surface area contributed by atoms with Crippen LogP contribution in [0, 0.1) is 5.82 Å². The van der Waals surface area contributed by atoms with Gasteiger partial charge in [0.05, 0.1) is 12.1 Å². The minimum absolute atomic E-state index is 0.0180. The van der Waals surface area contributed by atoms with Crippen LogP contribution in [0.15, 0.2) is 64.5 Å². The lowest BCUT2D eigenvalue weighted by Gasteiger charge is -2.07. The summed E-state index contributed by atoms with van der Waals surface area (Å²) in [7, 11) is 0. The van der Waals surface area contributed by atoms with E-state index in [1.165, 1.54) is 30.0 Å². The molecule has 1 aromatic heterocycles. The molecule has 0 unspecified atom stereocenters. The van der Waals surface area contributed by atoms with Crippen LogP contribution in [0.5, 0.6) is 0 Å². The first-order valence-electron chi connectivity index (χ1n) is 8.46. The maximum Gasteiger partial charge on any atom is 0.251 e. The van der Waals surface area contributed by atoms with Crippen molar-refractivity contribution in [3.05, 3.63) is 92.6 Å². The molecule has 0 aliphatic carbocycles. The summed E-state index contributed by atoms with van der Waals surface area (Å²) in [5.74, 6) is -0.0113. The number of rotatable bonds is 7. The first-order valence-corrected chi connectivity index (χ1v) is 9.83. The third kappa shape index (κ3) is 6.21. The Labute approximate surface area is 170 Å². The van der Waals surface area contributed by atoms with Gasteiger partial charge >= 0.3 is 0 Å². The van der Waals surface area contributed by atoms with Gasteiger partial charge in [0.1, 0.15) is 5.82 Å². The van der Waals surface area contributed by atoms with Crippen LogP contribution in [-0.2, 0) is 23.5 Å². The Kier molecular flexibility index (Phi) is 6.84. The van der Waals surface area contributed by atoms with Gasteiger partial charge < -0.3 is 10.3 Å². The van der Waals surface area contributed by atoms with E-state index in [-0.39, 0.29) is 30.2 Å². The summed E-state index contributed by atoms with van der Waals surface area (Å²) in [4.78, 5) is 31.0. The van der Waals surface area contributed by atoms with Gasteiger partial charge in [-0.25, -0.2) is 9.37 Å². The van der Waals surface area contributed by atoms with Crippen molar-refractivity contribution in [2.75, 3.05) is 0 Å². The number of halogens is 2. The first kappa shape index (κ1) is 20.1. The zero-order chi connectivity index (χ0) is 19.9. The minimum Gasteiger partial charge on any atom is -0.352 e. The number of aromatic nitrogens is 2. The smallest absolute Gasteiger partial charge is 0.251 e. The largest absolute Gasteiger partial charge is 0.352 e. The molecule has 3 aromatic rings. The van der Waals surface area contributed by atoms with E-state index in [9.17, 15) is 14.0 Å². The molecule has 0 fully saturated rings. The van der Waals surface area contributed by atoms with E-state index in [0.29, 0.717) is 21.6 Å². The summed E-state index contributed by atoms with van der Waals surface area (Å²) < 4.78 is 12.9. The van der Waals surface area contributed by atoms with E-state index in [1.807, 2.05) is 18.2 Å². The predicted octanol–water partition coefficient (Wildman–Crippen LogP) is 3.71. The van der Waals surface area contributed by atoms with E-state index in [4.69, 9.17) is 11.6 Å². The minimum atomic E-state index is -0.328. The molecular formula is C20H17ClFN3O2S. The third-order valence-corrected chi connectivity index (χ3v) is 4.96. The van der Waals surface area contributed by atoms with Crippen LogP contribution in [0.2, 0.25) is 5.02 Å². The summed E-state index contributed by atoms with van der Waals surface area (Å²) in [6.45, 7) is 0.276. The topological polar surface area (TPSA) is 74.8 Å². The van der Waals surface area contributed by atoms with E-state index >= 15 is 0 Å². The summed E-state index contributed by atoms with van der Waals surface area (Å²) in [5, 5.41) is 3.82. The van der Waals surface area contributed by atoms with Gasteiger partial charge in [-0.3, -0.25) is 9.59 Å². The van der Waals surface area contributed by atoms with Crippen molar-refractivity contribution in [3.63, 3.8) is 0 Å². The molecule has 0 saturated heterocycles. The molecule has 0 radical (unpaired) electrons. The fraction of sp³-hybridized carbons (Fsp3) is 0.150. The Morgan fingerprint density at radius 2 is 1.93 bits per heavy atom. The second kappa shape index (κ2) is 9.52. The number of nitrogens with zero attached hydrogens (tertiary/aromatic N) is 1. The molecule has 0 atom stereocenters. The van der Waals surface area contributed by atoms with Crippen molar-refractivity contribution in [2.45, 2.75) is 23.9 Å². The predicted molar refractivity (Wildman–Crippen MR) is 108 cm³/mol. The molecule has 2 N–H and O–H groups in total. The van der Waals surface area contributed by atoms with Gasteiger partial charge in [0, 0.05) is 23.4 Å². The highest BCUT2D eigenvalue weighted by Crippen LogP contribution is 2.20. The van der Waals surface area contributed by atoms with Gasteiger partial charge in [-0.1, -0.05) is 47.6 Å². The number of benzene rings is 2. The van der Waals surface area contributed by atoms with Crippen molar-refractivity contribution in [2.24, 2.45) is 0 Å². The molecule has 0 saturated carbocycles. The van der Waals surface area contributed by atoms with E-state index < -0.39 is 0 Å². The Bertz CT molecular complexity index is 1020. The second-order valence-corrected chi connectivity index (χ2v) is 7.44. The summed E-state index contributed by atoms with van der Waals surface area (Å²) in [5.41, 5.74) is 1.85. The Balaban J connectivity index is 1.58. The monoisotopic (exact) mass is 417 g/mol. The number of carbonyl (C=O) groups excluding carboxylic acids is 1. The molecule has 3 rings (SSSR count). The summed E-state index contributed by atoms with van der Waals surface area (Å²) in [6, 6.07) is 14.6. The number of hydrogen-bond acceptors (Lipinski definition) is 4. The highest BCUT2D eigenvalue weighted by Gasteiger charge is 2.08. The number of amides is 1. The van der Waals surface area contributed by atoms with Crippen LogP contribution in [0.4, 0.5) is 4.39 Å².